The van der Waals surface area contributed by atoms with E-state index >= 15 is 0 Å². The standard InChI is InChI=1S/C12H23NO2/c1-8-5-4-6-11(10(8)3)13-7-9(2)12(14)15/h8-11,13H,4-7H2,1-3H3,(H,14,15). The average molecular weight is 213 g/mol. The normalized spacial score (nSPS) is 33.7. The van der Waals surface area contributed by atoms with Crippen LogP contribution in [0, 0.1) is 17.8 Å². The van der Waals surface area contributed by atoms with Crippen LogP contribution in [0.4, 0.5) is 0 Å². The Bertz CT molecular complexity index is 218. The van der Waals surface area contributed by atoms with Crippen molar-refractivity contribution in [2.24, 2.45) is 17.8 Å². The molecule has 0 aromatic rings. The van der Waals surface area contributed by atoms with Crippen molar-refractivity contribution in [1.29, 1.82) is 0 Å². The fraction of sp³-hybridized carbons (Fsp3) is 0.917. The molecule has 3 heteroatoms. The van der Waals surface area contributed by atoms with Gasteiger partial charge in [-0.1, -0.05) is 33.6 Å². The summed E-state index contributed by atoms with van der Waals surface area (Å²) in [6, 6.07) is 0.510. The molecule has 15 heavy (non-hydrogen) atoms. The van der Waals surface area contributed by atoms with Gasteiger partial charge in [-0.25, -0.2) is 0 Å². The van der Waals surface area contributed by atoms with Crippen LogP contribution in [0.5, 0.6) is 0 Å². The van der Waals surface area contributed by atoms with E-state index in [0.717, 1.165) is 5.92 Å². The van der Waals surface area contributed by atoms with Gasteiger partial charge < -0.3 is 10.4 Å². The summed E-state index contributed by atoms with van der Waals surface area (Å²) in [4.78, 5) is 10.7. The Morgan fingerprint density at radius 2 is 2.13 bits per heavy atom. The molecule has 0 amide bonds. The zero-order chi connectivity index (χ0) is 11.4. The van der Waals surface area contributed by atoms with E-state index in [0.29, 0.717) is 18.5 Å². The Balaban J connectivity index is 2.34. The zero-order valence-corrected chi connectivity index (χ0v) is 9.99. The first-order chi connectivity index (χ1) is 7.02. The fourth-order valence-electron chi connectivity index (χ4n) is 2.29. The van der Waals surface area contributed by atoms with E-state index in [1.165, 1.54) is 19.3 Å². The molecule has 1 aliphatic rings. The predicted molar refractivity (Wildman–Crippen MR) is 60.8 cm³/mol. The second kappa shape index (κ2) is 5.50. The minimum atomic E-state index is -0.709. The lowest BCUT2D eigenvalue weighted by atomic mass is 9.78. The fourth-order valence-corrected chi connectivity index (χ4v) is 2.29. The molecule has 2 N–H and O–H groups in total. The molecular formula is C12H23NO2. The summed E-state index contributed by atoms with van der Waals surface area (Å²) >= 11 is 0. The lowest BCUT2D eigenvalue weighted by molar-refractivity contribution is -0.141. The monoisotopic (exact) mass is 213 g/mol. The van der Waals surface area contributed by atoms with Crippen LogP contribution in [0.1, 0.15) is 40.0 Å². The van der Waals surface area contributed by atoms with E-state index in [-0.39, 0.29) is 5.92 Å². The van der Waals surface area contributed by atoms with Gasteiger partial charge in [-0.3, -0.25) is 4.79 Å². The maximum Gasteiger partial charge on any atom is 0.307 e. The van der Waals surface area contributed by atoms with E-state index in [2.05, 4.69) is 19.2 Å². The van der Waals surface area contributed by atoms with E-state index in [9.17, 15) is 4.79 Å². The lowest BCUT2D eigenvalue weighted by Crippen LogP contribution is -2.43. The van der Waals surface area contributed by atoms with Gasteiger partial charge in [-0.2, -0.15) is 0 Å². The Morgan fingerprint density at radius 1 is 1.47 bits per heavy atom. The molecule has 0 radical (unpaired) electrons. The molecule has 4 atom stereocenters. The Morgan fingerprint density at radius 3 is 2.73 bits per heavy atom. The number of carboxylic acids is 1. The SMILES string of the molecule is CC(CNC1CCCC(C)C1C)C(=O)O. The number of rotatable bonds is 4. The van der Waals surface area contributed by atoms with Crippen molar-refractivity contribution in [3.05, 3.63) is 0 Å². The number of carboxylic acid groups (broad SMARTS) is 1. The summed E-state index contributed by atoms with van der Waals surface area (Å²) in [6.45, 7) is 6.91. The van der Waals surface area contributed by atoms with Crippen LogP contribution in [-0.4, -0.2) is 23.7 Å². The van der Waals surface area contributed by atoms with Crippen molar-refractivity contribution < 1.29 is 9.90 Å². The van der Waals surface area contributed by atoms with Crippen LogP contribution in [-0.2, 0) is 4.79 Å². The first kappa shape index (κ1) is 12.5. The highest BCUT2D eigenvalue weighted by Crippen LogP contribution is 2.29. The second-order valence-electron chi connectivity index (χ2n) is 5.02. The number of nitrogens with one attached hydrogen (secondary N) is 1. The first-order valence-corrected chi connectivity index (χ1v) is 5.98. The van der Waals surface area contributed by atoms with Crippen LogP contribution in [0.15, 0.2) is 0 Å². The van der Waals surface area contributed by atoms with Crippen molar-refractivity contribution in [2.45, 2.75) is 46.1 Å². The largest absolute Gasteiger partial charge is 0.481 e. The van der Waals surface area contributed by atoms with Crippen LogP contribution in [0.2, 0.25) is 0 Å². The molecule has 0 heterocycles. The minimum Gasteiger partial charge on any atom is -0.481 e. The molecule has 88 valence electrons. The highest BCUT2D eigenvalue weighted by Gasteiger charge is 2.27. The third-order valence-electron chi connectivity index (χ3n) is 3.81. The van der Waals surface area contributed by atoms with Crippen LogP contribution in [0.3, 0.4) is 0 Å². The van der Waals surface area contributed by atoms with E-state index in [4.69, 9.17) is 5.11 Å². The van der Waals surface area contributed by atoms with Gasteiger partial charge in [-0.05, 0) is 18.3 Å². The molecule has 0 aromatic heterocycles. The molecule has 0 bridgehead atoms. The smallest absolute Gasteiger partial charge is 0.307 e. The molecule has 1 aliphatic carbocycles. The highest BCUT2D eigenvalue weighted by atomic mass is 16.4. The predicted octanol–water partition coefficient (Wildman–Crippen LogP) is 2.12. The first-order valence-electron chi connectivity index (χ1n) is 5.98. The Labute approximate surface area is 92.3 Å². The van der Waals surface area contributed by atoms with Crippen molar-refractivity contribution in [3.8, 4) is 0 Å². The van der Waals surface area contributed by atoms with Gasteiger partial charge in [0.25, 0.3) is 0 Å². The van der Waals surface area contributed by atoms with Crippen LogP contribution in [0.25, 0.3) is 0 Å². The van der Waals surface area contributed by atoms with Gasteiger partial charge in [0, 0.05) is 12.6 Å². The molecule has 0 saturated heterocycles. The zero-order valence-electron chi connectivity index (χ0n) is 9.99. The molecule has 1 rings (SSSR count). The topological polar surface area (TPSA) is 49.3 Å². The Hall–Kier alpha value is -0.570. The number of aliphatic carboxylic acids is 1. The van der Waals surface area contributed by atoms with Crippen LogP contribution >= 0.6 is 0 Å². The highest BCUT2D eigenvalue weighted by molar-refractivity contribution is 5.69. The van der Waals surface area contributed by atoms with Gasteiger partial charge in [0.05, 0.1) is 5.92 Å². The lowest BCUT2D eigenvalue weighted by Gasteiger charge is -2.35. The summed E-state index contributed by atoms with van der Waals surface area (Å²) < 4.78 is 0. The minimum absolute atomic E-state index is 0.283. The number of carbonyl (C=O) groups is 1. The molecule has 0 aliphatic heterocycles. The van der Waals surface area contributed by atoms with E-state index < -0.39 is 5.97 Å². The molecule has 1 saturated carbocycles. The van der Waals surface area contributed by atoms with Gasteiger partial charge in [0.2, 0.25) is 0 Å². The molecule has 0 aromatic carbocycles. The third kappa shape index (κ3) is 3.49. The maximum atomic E-state index is 10.7. The van der Waals surface area contributed by atoms with Crippen molar-refractivity contribution in [1.82, 2.24) is 5.32 Å². The van der Waals surface area contributed by atoms with Gasteiger partial charge in [0.1, 0.15) is 0 Å². The molecule has 4 unspecified atom stereocenters. The van der Waals surface area contributed by atoms with E-state index in [1.54, 1.807) is 6.92 Å². The maximum absolute atomic E-state index is 10.7. The quantitative estimate of drug-likeness (QED) is 0.752. The van der Waals surface area contributed by atoms with Gasteiger partial charge in [0.15, 0.2) is 0 Å². The summed E-state index contributed by atoms with van der Waals surface area (Å²) in [5, 5.41) is 12.2. The number of hydrogen-bond acceptors (Lipinski definition) is 2. The second-order valence-corrected chi connectivity index (χ2v) is 5.02. The van der Waals surface area contributed by atoms with Crippen LogP contribution < -0.4 is 5.32 Å². The van der Waals surface area contributed by atoms with Crippen molar-refractivity contribution >= 4 is 5.97 Å². The Kier molecular flexibility index (Phi) is 4.58. The summed E-state index contributed by atoms with van der Waals surface area (Å²) in [5.74, 6) is 0.435. The van der Waals surface area contributed by atoms with Gasteiger partial charge >= 0.3 is 5.97 Å². The molecular weight excluding hydrogens is 190 g/mol. The molecule has 1 fully saturated rings. The van der Waals surface area contributed by atoms with Gasteiger partial charge in [-0.15, -0.1) is 0 Å². The number of hydrogen-bond donors (Lipinski definition) is 2. The third-order valence-corrected chi connectivity index (χ3v) is 3.81. The summed E-state index contributed by atoms with van der Waals surface area (Å²) in [5.41, 5.74) is 0. The average Bonchev–Trinajstić information content (AvgIpc) is 2.19. The van der Waals surface area contributed by atoms with Crippen molar-refractivity contribution in [2.75, 3.05) is 6.54 Å². The molecule has 0 spiro atoms. The van der Waals surface area contributed by atoms with E-state index in [1.807, 2.05) is 0 Å². The summed E-state index contributed by atoms with van der Waals surface area (Å²) in [7, 11) is 0. The van der Waals surface area contributed by atoms with Crippen molar-refractivity contribution in [3.63, 3.8) is 0 Å². The summed E-state index contributed by atoms with van der Waals surface area (Å²) in [6.07, 6.45) is 3.77. The molecule has 3 nitrogen and oxygen atoms in total.